The molecule has 4 nitrogen and oxygen atoms in total. The fourth-order valence-electron chi connectivity index (χ4n) is 2.76. The van der Waals surface area contributed by atoms with Crippen LogP contribution in [0.5, 0.6) is 0 Å². The molecule has 3 rings (SSSR count). The number of halogens is 1. The Balaban J connectivity index is 2.20. The molecule has 1 heterocycles. The molecule has 0 spiro atoms. The highest BCUT2D eigenvalue weighted by molar-refractivity contribution is 9.10. The van der Waals surface area contributed by atoms with Crippen LogP contribution < -0.4 is 4.90 Å². The molecule has 0 fully saturated rings. The van der Waals surface area contributed by atoms with Crippen LogP contribution in [0.4, 0.5) is 11.4 Å². The third-order valence-electron chi connectivity index (χ3n) is 3.95. The second-order valence-electron chi connectivity index (χ2n) is 5.78. The summed E-state index contributed by atoms with van der Waals surface area (Å²) in [5, 5.41) is 0.990. The number of nitrogens with zero attached hydrogens (tertiary/aromatic N) is 3. The number of aromatic nitrogens is 1. The average Bonchev–Trinajstić information content (AvgIpc) is 3.02. The van der Waals surface area contributed by atoms with Crippen molar-refractivity contribution >= 4 is 50.0 Å². The summed E-state index contributed by atoms with van der Waals surface area (Å²) < 4.78 is 0.967. The smallest absolute Gasteiger partial charge is 0.197 e. The third kappa shape index (κ3) is 3.28. The first kappa shape index (κ1) is 16.8. The fourth-order valence-corrected chi connectivity index (χ4v) is 3.12. The van der Waals surface area contributed by atoms with Crippen LogP contribution in [0.1, 0.15) is 11.1 Å². The van der Waals surface area contributed by atoms with Gasteiger partial charge in [-0.25, -0.2) is 9.69 Å². The van der Waals surface area contributed by atoms with Gasteiger partial charge in [0.05, 0.1) is 13.1 Å². The number of H-pyrrole nitrogens is 1. The molecule has 0 saturated carbocycles. The molecule has 3 aromatic rings. The lowest BCUT2D eigenvalue weighted by molar-refractivity contribution is 1.13. The maximum Gasteiger partial charge on any atom is 0.197 e. The Morgan fingerprint density at radius 2 is 1.96 bits per heavy atom. The Morgan fingerprint density at radius 1 is 1.16 bits per heavy atom. The number of aromatic amines is 1. The molecule has 0 aliphatic heterocycles. The van der Waals surface area contributed by atoms with Crippen LogP contribution in [0.2, 0.25) is 0 Å². The van der Waals surface area contributed by atoms with Crippen molar-refractivity contribution in [1.82, 2.24) is 4.98 Å². The van der Waals surface area contributed by atoms with Crippen molar-refractivity contribution in [1.29, 1.82) is 0 Å². The standard InChI is InChI=1S/C20H15BrN4/c1-22-15-6-8-20(25(3)4)13(9-15)10-19(23-2)17-12-24-18-7-5-14(21)11-16(17)18/h5-12,24H,3-4H3/b19-10-. The number of benzene rings is 2. The van der Waals surface area contributed by atoms with Crippen molar-refractivity contribution in [3.63, 3.8) is 0 Å². The van der Waals surface area contributed by atoms with E-state index in [-0.39, 0.29) is 0 Å². The summed E-state index contributed by atoms with van der Waals surface area (Å²) in [6.45, 7) is 14.9. The van der Waals surface area contributed by atoms with Gasteiger partial charge >= 0.3 is 0 Å². The van der Waals surface area contributed by atoms with E-state index in [1.165, 1.54) is 0 Å². The molecule has 0 saturated heterocycles. The molecule has 0 amide bonds. The van der Waals surface area contributed by atoms with E-state index in [0.29, 0.717) is 11.4 Å². The molecular weight excluding hydrogens is 376 g/mol. The largest absolute Gasteiger partial charge is 0.377 e. The topological polar surface area (TPSA) is 27.8 Å². The predicted molar refractivity (Wildman–Crippen MR) is 108 cm³/mol. The van der Waals surface area contributed by atoms with E-state index in [9.17, 15) is 0 Å². The number of hydrogen-bond acceptors (Lipinski definition) is 1. The summed E-state index contributed by atoms with van der Waals surface area (Å²) in [6.07, 6.45) is 3.70. The van der Waals surface area contributed by atoms with Crippen molar-refractivity contribution in [3.8, 4) is 0 Å². The molecule has 122 valence electrons. The molecule has 2 aromatic carbocycles. The third-order valence-corrected chi connectivity index (χ3v) is 4.45. The minimum Gasteiger partial charge on any atom is -0.377 e. The van der Waals surface area contributed by atoms with Gasteiger partial charge in [0.15, 0.2) is 11.4 Å². The van der Waals surface area contributed by atoms with Crippen LogP contribution in [0.15, 0.2) is 47.1 Å². The van der Waals surface area contributed by atoms with Crippen LogP contribution in [0, 0.1) is 13.1 Å². The van der Waals surface area contributed by atoms with E-state index >= 15 is 0 Å². The van der Waals surface area contributed by atoms with Crippen LogP contribution in [0.3, 0.4) is 0 Å². The molecule has 0 aliphatic rings. The second-order valence-corrected chi connectivity index (χ2v) is 6.70. The van der Waals surface area contributed by atoms with Gasteiger partial charge in [0.2, 0.25) is 0 Å². The molecule has 0 bridgehead atoms. The lowest BCUT2D eigenvalue weighted by Gasteiger charge is -2.16. The Bertz CT molecular complexity index is 1060. The summed E-state index contributed by atoms with van der Waals surface area (Å²) in [4.78, 5) is 12.4. The van der Waals surface area contributed by atoms with Gasteiger partial charge in [-0.3, -0.25) is 0 Å². The summed E-state index contributed by atoms with van der Waals surface area (Å²) in [5.41, 5.74) is 4.75. The summed E-state index contributed by atoms with van der Waals surface area (Å²) in [6, 6.07) is 11.5. The number of nitrogens with one attached hydrogen (secondary N) is 1. The zero-order chi connectivity index (χ0) is 18.0. The maximum atomic E-state index is 7.65. The summed E-state index contributed by atoms with van der Waals surface area (Å²) in [7, 11) is 3.90. The van der Waals surface area contributed by atoms with Gasteiger partial charge in [-0.05, 0) is 53.6 Å². The van der Waals surface area contributed by atoms with Crippen LogP contribution in [-0.4, -0.2) is 19.1 Å². The Labute approximate surface area is 155 Å². The van der Waals surface area contributed by atoms with Gasteiger partial charge in [-0.2, -0.15) is 0 Å². The number of fused-ring (bicyclic) bond motifs is 1. The highest BCUT2D eigenvalue weighted by atomic mass is 79.9. The molecule has 25 heavy (non-hydrogen) atoms. The molecule has 1 N–H and O–H groups in total. The first-order valence-corrected chi connectivity index (χ1v) is 8.38. The predicted octanol–water partition coefficient (Wildman–Crippen LogP) is 5.96. The van der Waals surface area contributed by atoms with Crippen LogP contribution >= 0.6 is 15.9 Å². The lowest BCUT2D eigenvalue weighted by atomic mass is 10.1. The Hall–Kier alpha value is -3.02. The van der Waals surface area contributed by atoms with Gasteiger partial charge in [-0.15, -0.1) is 0 Å². The number of hydrogen-bond donors (Lipinski definition) is 1. The molecule has 0 aliphatic carbocycles. The SMILES string of the molecule is [C-]#[N+]/C(=C\c1cc([N+]#[C-])ccc1N(C)C)c1c[nH]c2ccc(Br)cc12. The Morgan fingerprint density at radius 3 is 2.64 bits per heavy atom. The first-order valence-electron chi connectivity index (χ1n) is 7.58. The van der Waals surface area contributed by atoms with Crippen LogP contribution in [0.25, 0.3) is 32.4 Å². The van der Waals surface area contributed by atoms with Crippen molar-refractivity contribution in [3.05, 3.63) is 81.0 Å². The van der Waals surface area contributed by atoms with Crippen molar-refractivity contribution in [2.45, 2.75) is 0 Å². The van der Waals surface area contributed by atoms with E-state index in [1.807, 2.05) is 61.6 Å². The summed E-state index contributed by atoms with van der Waals surface area (Å²) >= 11 is 3.49. The van der Waals surface area contributed by atoms with E-state index in [4.69, 9.17) is 13.1 Å². The zero-order valence-corrected chi connectivity index (χ0v) is 15.4. The molecule has 0 atom stereocenters. The van der Waals surface area contributed by atoms with Crippen molar-refractivity contribution < 1.29 is 0 Å². The second kappa shape index (κ2) is 6.84. The van der Waals surface area contributed by atoms with E-state index < -0.39 is 0 Å². The minimum atomic E-state index is 0.537. The van der Waals surface area contributed by atoms with Gasteiger partial charge in [0.25, 0.3) is 0 Å². The summed E-state index contributed by atoms with van der Waals surface area (Å²) in [5.74, 6) is 0. The fraction of sp³-hybridized carbons (Fsp3) is 0.100. The maximum absolute atomic E-state index is 7.65. The normalized spacial score (nSPS) is 11.2. The zero-order valence-electron chi connectivity index (χ0n) is 13.8. The lowest BCUT2D eigenvalue weighted by Crippen LogP contribution is -2.09. The van der Waals surface area contributed by atoms with Gasteiger partial charge in [0.1, 0.15) is 0 Å². The quantitative estimate of drug-likeness (QED) is 0.548. The van der Waals surface area contributed by atoms with Gasteiger partial charge < -0.3 is 9.88 Å². The molecule has 5 heteroatoms. The molecule has 0 radical (unpaired) electrons. The number of rotatable bonds is 3. The van der Waals surface area contributed by atoms with E-state index in [2.05, 4.69) is 30.6 Å². The van der Waals surface area contributed by atoms with Crippen molar-refractivity contribution in [2.24, 2.45) is 0 Å². The van der Waals surface area contributed by atoms with E-state index in [0.717, 1.165) is 32.2 Å². The highest BCUT2D eigenvalue weighted by Gasteiger charge is 2.12. The Kier molecular flexibility index (Phi) is 4.61. The average molecular weight is 391 g/mol. The highest BCUT2D eigenvalue weighted by Crippen LogP contribution is 2.33. The van der Waals surface area contributed by atoms with E-state index in [1.54, 1.807) is 6.07 Å². The van der Waals surface area contributed by atoms with Gasteiger partial charge in [-0.1, -0.05) is 22.0 Å². The van der Waals surface area contributed by atoms with Crippen molar-refractivity contribution in [2.75, 3.05) is 19.0 Å². The van der Waals surface area contributed by atoms with Crippen LogP contribution in [-0.2, 0) is 0 Å². The molecular formula is C20H15BrN4. The number of anilines is 1. The molecule has 1 aromatic heterocycles. The first-order chi connectivity index (χ1) is 12.0. The monoisotopic (exact) mass is 390 g/mol. The van der Waals surface area contributed by atoms with Gasteiger partial charge in [0, 0.05) is 35.3 Å². The molecule has 0 unspecified atom stereocenters. The minimum absolute atomic E-state index is 0.537.